The van der Waals surface area contributed by atoms with E-state index < -0.39 is 11.9 Å². The molecule has 0 saturated heterocycles. The predicted octanol–water partition coefficient (Wildman–Crippen LogP) is 7.72. The summed E-state index contributed by atoms with van der Waals surface area (Å²) in [5.74, 6) is 0.195. The summed E-state index contributed by atoms with van der Waals surface area (Å²) in [7, 11) is 0. The van der Waals surface area contributed by atoms with Gasteiger partial charge in [0.25, 0.3) is 0 Å². The zero-order chi connectivity index (χ0) is 29.4. The van der Waals surface area contributed by atoms with E-state index in [0.29, 0.717) is 33.2 Å². The summed E-state index contributed by atoms with van der Waals surface area (Å²) >= 11 is 6.28. The number of nitriles is 1. The van der Waals surface area contributed by atoms with Crippen LogP contribution >= 0.6 is 11.6 Å². The lowest BCUT2D eigenvalue weighted by Crippen LogP contribution is -2.21. The van der Waals surface area contributed by atoms with E-state index in [2.05, 4.69) is 6.07 Å². The molecule has 1 aliphatic heterocycles. The smallest absolute Gasteiger partial charge is 0.379 e. The second-order valence-electron chi connectivity index (χ2n) is 10.0. The van der Waals surface area contributed by atoms with Gasteiger partial charge in [0.2, 0.25) is 11.6 Å². The number of nitrogens with two attached hydrogens (primary N) is 1. The third kappa shape index (κ3) is 5.05. The van der Waals surface area contributed by atoms with Gasteiger partial charge in [-0.25, -0.2) is 4.79 Å². The number of benzene rings is 4. The second kappa shape index (κ2) is 11.0. The van der Waals surface area contributed by atoms with Gasteiger partial charge in [-0.3, -0.25) is 0 Å². The molecule has 1 unspecified atom stereocenters. The van der Waals surface area contributed by atoms with E-state index in [1.807, 2.05) is 80.6 Å². The molecular weight excluding hydrogens is 552 g/mol. The van der Waals surface area contributed by atoms with Gasteiger partial charge in [0.1, 0.15) is 41.1 Å². The van der Waals surface area contributed by atoms with Crippen molar-refractivity contribution in [1.29, 1.82) is 5.26 Å². The first-order valence-electron chi connectivity index (χ1n) is 13.2. The Labute approximate surface area is 247 Å². The van der Waals surface area contributed by atoms with Crippen molar-refractivity contribution in [3.8, 4) is 23.3 Å². The largest absolute Gasteiger partial charge is 0.489 e. The van der Waals surface area contributed by atoms with Crippen LogP contribution in [-0.4, -0.2) is 5.97 Å². The van der Waals surface area contributed by atoms with Gasteiger partial charge in [-0.1, -0.05) is 59.6 Å². The molecule has 5 aromatic rings. The van der Waals surface area contributed by atoms with E-state index in [1.54, 1.807) is 18.2 Å². The summed E-state index contributed by atoms with van der Waals surface area (Å²) in [5.41, 5.74) is 11.2. The Morgan fingerprint density at radius 1 is 1.00 bits per heavy atom. The quantitative estimate of drug-likeness (QED) is 0.163. The van der Waals surface area contributed by atoms with Gasteiger partial charge >= 0.3 is 5.97 Å². The number of aryl methyl sites for hydroxylation is 2. The number of fused-ring (bicyclic) bond motifs is 2. The number of hydrogen-bond acceptors (Lipinski definition) is 7. The lowest BCUT2D eigenvalue weighted by Gasteiger charge is -2.27. The minimum absolute atomic E-state index is 0.0237. The average Bonchev–Trinajstić information content (AvgIpc) is 3.31. The molecule has 0 saturated carbocycles. The van der Waals surface area contributed by atoms with E-state index in [9.17, 15) is 10.1 Å². The maximum absolute atomic E-state index is 13.1. The molecule has 0 fully saturated rings. The topological polar surface area (TPSA) is 108 Å². The second-order valence-corrected chi connectivity index (χ2v) is 10.4. The van der Waals surface area contributed by atoms with Crippen LogP contribution in [0.3, 0.4) is 0 Å². The summed E-state index contributed by atoms with van der Waals surface area (Å²) < 4.78 is 23.3. The van der Waals surface area contributed by atoms with E-state index in [0.717, 1.165) is 22.1 Å². The maximum atomic E-state index is 13.1. The van der Waals surface area contributed by atoms with Crippen LogP contribution in [-0.2, 0) is 6.61 Å². The van der Waals surface area contributed by atoms with Gasteiger partial charge in [-0.05, 0) is 55.8 Å². The molecule has 0 radical (unpaired) electrons. The molecule has 0 bridgehead atoms. The van der Waals surface area contributed by atoms with Crippen molar-refractivity contribution in [1.82, 2.24) is 0 Å². The van der Waals surface area contributed by atoms with Crippen LogP contribution in [0.4, 0.5) is 0 Å². The zero-order valence-corrected chi connectivity index (χ0v) is 23.6. The van der Waals surface area contributed by atoms with Crippen molar-refractivity contribution in [2.24, 2.45) is 5.73 Å². The monoisotopic (exact) mass is 576 g/mol. The van der Waals surface area contributed by atoms with Crippen LogP contribution in [0.5, 0.6) is 17.2 Å². The van der Waals surface area contributed by atoms with Crippen molar-refractivity contribution in [3.63, 3.8) is 0 Å². The number of esters is 1. The number of hydrogen-bond donors (Lipinski definition) is 1. The first-order valence-corrected chi connectivity index (χ1v) is 13.6. The number of furan rings is 1. The lowest BCUT2D eigenvalue weighted by atomic mass is 9.83. The Hall–Kier alpha value is -5.19. The Kier molecular flexibility index (Phi) is 7.07. The van der Waals surface area contributed by atoms with Crippen molar-refractivity contribution < 1.29 is 23.4 Å². The highest BCUT2D eigenvalue weighted by Crippen LogP contribution is 2.44. The molecule has 7 nitrogen and oxygen atoms in total. The Morgan fingerprint density at radius 2 is 1.83 bits per heavy atom. The van der Waals surface area contributed by atoms with Crippen LogP contribution in [0.15, 0.2) is 101 Å². The Bertz CT molecular complexity index is 1930. The van der Waals surface area contributed by atoms with Crippen molar-refractivity contribution in [3.05, 3.63) is 135 Å². The molecule has 2 heterocycles. The lowest BCUT2D eigenvalue weighted by molar-refractivity contribution is 0.0702. The highest BCUT2D eigenvalue weighted by molar-refractivity contribution is 6.31. The van der Waals surface area contributed by atoms with Gasteiger partial charge in [0, 0.05) is 33.2 Å². The maximum Gasteiger partial charge on any atom is 0.379 e. The molecule has 42 heavy (non-hydrogen) atoms. The summed E-state index contributed by atoms with van der Waals surface area (Å²) in [6.07, 6.45) is 0. The van der Waals surface area contributed by atoms with E-state index in [1.165, 1.54) is 0 Å². The molecule has 4 aromatic carbocycles. The fourth-order valence-electron chi connectivity index (χ4n) is 5.09. The minimum atomic E-state index is -0.627. The number of halogens is 1. The average molecular weight is 577 g/mol. The van der Waals surface area contributed by atoms with Gasteiger partial charge in [0.15, 0.2) is 0 Å². The molecule has 1 aliphatic rings. The Balaban J connectivity index is 1.28. The van der Waals surface area contributed by atoms with Crippen molar-refractivity contribution >= 4 is 28.5 Å². The number of rotatable bonds is 6. The standard InChI is InChI=1S/C34H25ClN2O5/c1-19-10-13-29-26(14-19)20(2)32(41-29)34(38)40-24-11-12-25-30(16-24)42-33(37)27(17-36)31(25)21-7-5-8-23(15-21)39-18-22-6-3-4-9-28(22)35/h3-16,31H,18,37H2,1-2H3. The van der Waals surface area contributed by atoms with Crippen molar-refractivity contribution in [2.75, 3.05) is 0 Å². The molecule has 2 N–H and O–H groups in total. The molecule has 0 aliphatic carbocycles. The van der Waals surface area contributed by atoms with E-state index >= 15 is 0 Å². The zero-order valence-electron chi connectivity index (χ0n) is 22.8. The molecule has 8 heteroatoms. The SMILES string of the molecule is Cc1ccc2oc(C(=O)Oc3ccc4c(c3)OC(N)=C(C#N)C4c3cccc(OCc4ccccc4Cl)c3)c(C)c2c1. The Morgan fingerprint density at radius 3 is 2.64 bits per heavy atom. The first-order chi connectivity index (χ1) is 20.3. The molecule has 0 spiro atoms. The van der Waals surface area contributed by atoms with E-state index in [4.69, 9.17) is 36.0 Å². The predicted molar refractivity (Wildman–Crippen MR) is 159 cm³/mol. The summed E-state index contributed by atoms with van der Waals surface area (Å²) in [6.45, 7) is 4.09. The molecule has 6 rings (SSSR count). The van der Waals surface area contributed by atoms with Gasteiger partial charge in [-0.2, -0.15) is 5.26 Å². The van der Waals surface area contributed by atoms with Gasteiger partial charge in [0.05, 0.1) is 5.92 Å². The third-order valence-electron chi connectivity index (χ3n) is 7.22. The molecule has 208 valence electrons. The first kappa shape index (κ1) is 27.0. The van der Waals surface area contributed by atoms with Crippen LogP contribution in [0.2, 0.25) is 5.02 Å². The van der Waals surface area contributed by atoms with Crippen LogP contribution in [0, 0.1) is 25.2 Å². The molecule has 1 aromatic heterocycles. The molecule has 1 atom stereocenters. The van der Waals surface area contributed by atoms with E-state index in [-0.39, 0.29) is 29.6 Å². The van der Waals surface area contributed by atoms with Crippen LogP contribution < -0.4 is 19.9 Å². The van der Waals surface area contributed by atoms with Crippen molar-refractivity contribution in [2.45, 2.75) is 26.4 Å². The normalized spacial score (nSPS) is 14.2. The number of allylic oxidation sites excluding steroid dienone is 1. The number of ether oxygens (including phenoxy) is 3. The highest BCUT2D eigenvalue weighted by Gasteiger charge is 2.31. The molecule has 0 amide bonds. The van der Waals surface area contributed by atoms with Gasteiger partial charge in [-0.15, -0.1) is 0 Å². The van der Waals surface area contributed by atoms with Crippen LogP contribution in [0.25, 0.3) is 11.0 Å². The van der Waals surface area contributed by atoms with Gasteiger partial charge < -0.3 is 24.4 Å². The number of carbonyl (C=O) groups excluding carboxylic acids is 1. The highest BCUT2D eigenvalue weighted by atomic mass is 35.5. The fraction of sp³-hybridized carbons (Fsp3) is 0.118. The summed E-state index contributed by atoms with van der Waals surface area (Å²) in [5, 5.41) is 11.5. The number of nitrogens with zero attached hydrogens (tertiary/aromatic N) is 1. The fourth-order valence-corrected chi connectivity index (χ4v) is 5.28. The van der Waals surface area contributed by atoms with Crippen LogP contribution in [0.1, 0.15) is 44.3 Å². The number of carbonyl (C=O) groups is 1. The molecular formula is C34H25ClN2O5. The minimum Gasteiger partial charge on any atom is -0.489 e. The third-order valence-corrected chi connectivity index (χ3v) is 7.59. The summed E-state index contributed by atoms with van der Waals surface area (Å²) in [4.78, 5) is 13.1. The summed E-state index contributed by atoms with van der Waals surface area (Å²) in [6, 6.07) is 27.8.